The Morgan fingerprint density at radius 2 is 0.723 bits per heavy atom. The van der Waals surface area contributed by atoms with Crippen LogP contribution in [-0.4, -0.2) is 0 Å². The van der Waals surface area contributed by atoms with Gasteiger partial charge >= 0.3 is 0 Å². The lowest BCUT2D eigenvalue weighted by atomic mass is 9.94. The zero-order valence-corrected chi connectivity index (χ0v) is 26.0. The summed E-state index contributed by atoms with van der Waals surface area (Å²) in [6, 6.07) is 71.8. The number of hydrogen-bond acceptors (Lipinski definition) is 1. The highest BCUT2D eigenvalue weighted by Gasteiger charge is 2.15. The van der Waals surface area contributed by atoms with Crippen LogP contribution in [0.2, 0.25) is 0 Å². The van der Waals surface area contributed by atoms with Crippen molar-refractivity contribution in [3.63, 3.8) is 0 Å². The van der Waals surface area contributed by atoms with Crippen LogP contribution in [0.5, 0.6) is 0 Å². The molecule has 0 aliphatic carbocycles. The van der Waals surface area contributed by atoms with Crippen molar-refractivity contribution in [2.45, 2.75) is 0 Å². The maximum Gasteiger partial charge on any atom is 0.0467 e. The van der Waals surface area contributed by atoms with Crippen LogP contribution in [0.25, 0.3) is 55.3 Å². The molecule has 0 aliphatic rings. The number of para-hydroxylation sites is 1. The molecule has 8 aromatic rings. The van der Waals surface area contributed by atoms with Crippen molar-refractivity contribution in [1.82, 2.24) is 0 Å². The molecule has 1 nitrogen and oxygen atoms in total. The molecule has 0 atom stereocenters. The van der Waals surface area contributed by atoms with Gasteiger partial charge in [0.15, 0.2) is 0 Å². The van der Waals surface area contributed by atoms with Crippen molar-refractivity contribution in [1.29, 1.82) is 0 Å². The second-order valence-corrected chi connectivity index (χ2v) is 11.8. The summed E-state index contributed by atoms with van der Waals surface area (Å²) in [6.45, 7) is 0. The topological polar surface area (TPSA) is 3.24 Å². The predicted molar refractivity (Wildman–Crippen MR) is 200 cm³/mol. The molecule has 0 saturated heterocycles. The summed E-state index contributed by atoms with van der Waals surface area (Å²) in [7, 11) is 0. The fraction of sp³-hybridized carbons (Fsp3) is 0. The molecule has 0 fully saturated rings. The molecular weight excluding hydrogens is 567 g/mol. The van der Waals surface area contributed by atoms with Crippen molar-refractivity contribution in [2.75, 3.05) is 4.90 Å². The van der Waals surface area contributed by atoms with E-state index in [1.54, 1.807) is 0 Å². The molecule has 8 aromatic carbocycles. The van der Waals surface area contributed by atoms with Gasteiger partial charge < -0.3 is 4.90 Å². The van der Waals surface area contributed by atoms with Crippen LogP contribution in [0.15, 0.2) is 200 Å². The minimum atomic E-state index is 1.11. The number of fused-ring (bicyclic) bond motifs is 1. The maximum absolute atomic E-state index is 2.34. The second kappa shape index (κ2) is 12.7. The summed E-state index contributed by atoms with van der Waals surface area (Å²) in [5.41, 5.74) is 13.0. The van der Waals surface area contributed by atoms with E-state index >= 15 is 0 Å². The highest BCUT2D eigenvalue weighted by Crippen LogP contribution is 2.39. The molecule has 0 spiro atoms. The number of rotatable bonds is 7. The van der Waals surface area contributed by atoms with Gasteiger partial charge in [-0.1, -0.05) is 152 Å². The molecule has 1 heteroatoms. The van der Waals surface area contributed by atoms with E-state index in [4.69, 9.17) is 0 Å². The normalized spacial score (nSPS) is 11.0. The fourth-order valence-electron chi connectivity index (χ4n) is 6.49. The molecule has 0 bridgehead atoms. The highest BCUT2D eigenvalue weighted by molar-refractivity contribution is 5.89. The van der Waals surface area contributed by atoms with Gasteiger partial charge in [-0.05, 0) is 104 Å². The van der Waals surface area contributed by atoms with Gasteiger partial charge in [-0.25, -0.2) is 0 Å². The lowest BCUT2D eigenvalue weighted by molar-refractivity contribution is 1.28. The molecule has 0 heterocycles. The summed E-state index contributed by atoms with van der Waals surface area (Å²) in [4.78, 5) is 2.34. The number of anilines is 3. The molecule has 0 radical (unpaired) electrons. The summed E-state index contributed by atoms with van der Waals surface area (Å²) in [5.74, 6) is 0. The van der Waals surface area contributed by atoms with Crippen molar-refractivity contribution in [3.05, 3.63) is 200 Å². The first-order valence-electron chi connectivity index (χ1n) is 16.1. The Hall–Kier alpha value is -6.18. The molecule has 8 rings (SSSR count). The Balaban J connectivity index is 1.15. The molecule has 0 N–H and O–H groups in total. The van der Waals surface area contributed by atoms with Gasteiger partial charge in [-0.2, -0.15) is 0 Å². The third-order valence-electron chi connectivity index (χ3n) is 8.85. The van der Waals surface area contributed by atoms with Crippen molar-refractivity contribution >= 4 is 27.8 Å². The van der Waals surface area contributed by atoms with Gasteiger partial charge in [-0.15, -0.1) is 0 Å². The minimum Gasteiger partial charge on any atom is -0.310 e. The van der Waals surface area contributed by atoms with Gasteiger partial charge in [0.25, 0.3) is 0 Å². The summed E-state index contributed by atoms with van der Waals surface area (Å²) in [5, 5.41) is 2.52. The Labute approximate surface area is 276 Å². The zero-order valence-electron chi connectivity index (χ0n) is 26.0. The van der Waals surface area contributed by atoms with E-state index in [9.17, 15) is 0 Å². The Bertz CT molecular complexity index is 2290. The van der Waals surface area contributed by atoms with E-state index in [1.165, 1.54) is 55.3 Å². The third-order valence-corrected chi connectivity index (χ3v) is 8.85. The third kappa shape index (κ3) is 5.83. The average molecular weight is 600 g/mol. The smallest absolute Gasteiger partial charge is 0.0467 e. The Morgan fingerprint density at radius 1 is 0.234 bits per heavy atom. The van der Waals surface area contributed by atoms with E-state index in [2.05, 4.69) is 205 Å². The quantitative estimate of drug-likeness (QED) is 0.176. The lowest BCUT2D eigenvalue weighted by Gasteiger charge is -2.26. The average Bonchev–Trinajstić information content (AvgIpc) is 3.16. The van der Waals surface area contributed by atoms with E-state index in [0.717, 1.165) is 17.1 Å². The standard InChI is InChI=1S/C46H33N/c1-3-14-36(15-4-1)45-23-9-10-24-46(45)41-19-12-22-44(33-41)47(42-20-5-2-6-21-42)43-29-27-35(28-30-43)38-17-11-18-39(31-38)40-26-25-34-13-7-8-16-37(34)32-40/h1-33H. The molecule has 0 aliphatic heterocycles. The van der Waals surface area contributed by atoms with Crippen LogP contribution >= 0.6 is 0 Å². The van der Waals surface area contributed by atoms with E-state index in [0.29, 0.717) is 0 Å². The zero-order chi connectivity index (χ0) is 31.4. The first kappa shape index (κ1) is 28.3. The van der Waals surface area contributed by atoms with Crippen LogP contribution in [0.3, 0.4) is 0 Å². The molecule has 0 amide bonds. The fourth-order valence-corrected chi connectivity index (χ4v) is 6.49. The van der Waals surface area contributed by atoms with Gasteiger partial charge in [0.1, 0.15) is 0 Å². The maximum atomic E-state index is 2.34. The van der Waals surface area contributed by atoms with Gasteiger partial charge in [0.05, 0.1) is 0 Å². The van der Waals surface area contributed by atoms with Crippen LogP contribution in [-0.2, 0) is 0 Å². The molecule has 0 aromatic heterocycles. The summed E-state index contributed by atoms with van der Waals surface area (Å²) < 4.78 is 0. The first-order chi connectivity index (χ1) is 23.3. The van der Waals surface area contributed by atoms with Crippen molar-refractivity contribution in [2.24, 2.45) is 0 Å². The molecular formula is C46H33N. The van der Waals surface area contributed by atoms with Crippen LogP contribution in [0.4, 0.5) is 17.1 Å². The van der Waals surface area contributed by atoms with Crippen molar-refractivity contribution < 1.29 is 0 Å². The van der Waals surface area contributed by atoms with Crippen molar-refractivity contribution in [3.8, 4) is 44.5 Å². The monoisotopic (exact) mass is 599 g/mol. The number of nitrogens with zero attached hydrogens (tertiary/aromatic N) is 1. The van der Waals surface area contributed by atoms with E-state index in [1.807, 2.05) is 0 Å². The summed E-state index contributed by atoms with van der Waals surface area (Å²) >= 11 is 0. The summed E-state index contributed by atoms with van der Waals surface area (Å²) in [6.07, 6.45) is 0. The van der Waals surface area contributed by atoms with Crippen LogP contribution < -0.4 is 4.90 Å². The van der Waals surface area contributed by atoms with Crippen LogP contribution in [0, 0.1) is 0 Å². The Morgan fingerprint density at radius 3 is 1.49 bits per heavy atom. The van der Waals surface area contributed by atoms with Gasteiger partial charge in [0.2, 0.25) is 0 Å². The van der Waals surface area contributed by atoms with Gasteiger partial charge in [-0.3, -0.25) is 0 Å². The second-order valence-electron chi connectivity index (χ2n) is 11.8. The highest BCUT2D eigenvalue weighted by atomic mass is 15.1. The first-order valence-corrected chi connectivity index (χ1v) is 16.1. The molecule has 0 saturated carbocycles. The number of hydrogen-bond donors (Lipinski definition) is 0. The molecule has 222 valence electrons. The van der Waals surface area contributed by atoms with Gasteiger partial charge in [0, 0.05) is 17.1 Å². The van der Waals surface area contributed by atoms with E-state index < -0.39 is 0 Å². The Kier molecular flexibility index (Phi) is 7.63. The van der Waals surface area contributed by atoms with Crippen LogP contribution in [0.1, 0.15) is 0 Å². The minimum absolute atomic E-state index is 1.11. The predicted octanol–water partition coefficient (Wildman–Crippen LogP) is 13.0. The largest absolute Gasteiger partial charge is 0.310 e. The molecule has 47 heavy (non-hydrogen) atoms. The molecule has 0 unspecified atom stereocenters. The lowest BCUT2D eigenvalue weighted by Crippen LogP contribution is -2.09. The number of benzene rings is 8. The SMILES string of the molecule is c1ccc(-c2ccccc2-c2cccc(N(c3ccccc3)c3ccc(-c4cccc(-c5ccc6ccccc6c5)c4)cc3)c2)cc1. The van der Waals surface area contributed by atoms with E-state index in [-0.39, 0.29) is 0 Å².